The average molecular weight is 422 g/mol. The van der Waals surface area contributed by atoms with Crippen LogP contribution in [0.2, 0.25) is 0 Å². The van der Waals surface area contributed by atoms with Gasteiger partial charge >= 0.3 is 0 Å². The minimum atomic E-state index is -0.459. The van der Waals surface area contributed by atoms with E-state index in [1.165, 1.54) is 23.5 Å². The second kappa shape index (κ2) is 7.96. The van der Waals surface area contributed by atoms with Crippen LogP contribution >= 0.6 is 11.3 Å². The molecule has 1 N–H and O–H groups in total. The lowest BCUT2D eigenvalue weighted by molar-refractivity contribution is -0.384. The van der Waals surface area contributed by atoms with Gasteiger partial charge in [-0.25, -0.2) is 4.98 Å². The molecule has 0 aliphatic heterocycles. The molecule has 2 aromatic heterocycles. The fraction of sp³-hybridized carbons (Fsp3) is 0.143. The third-order valence-corrected chi connectivity index (χ3v) is 5.57. The van der Waals surface area contributed by atoms with Crippen LogP contribution in [-0.2, 0) is 11.2 Å². The van der Waals surface area contributed by atoms with Crippen molar-refractivity contribution in [3.63, 3.8) is 0 Å². The SMILES string of the molecule is COc1cccc(-c2cn3c(CC(=O)Nc4ccc([N+](=O)[O-])cc4C)csc3n2)c1. The van der Waals surface area contributed by atoms with Gasteiger partial charge < -0.3 is 10.1 Å². The van der Waals surface area contributed by atoms with Crippen LogP contribution in [-0.4, -0.2) is 27.3 Å². The molecule has 2 heterocycles. The standard InChI is InChI=1S/C21H18N4O4S/c1-13-8-15(25(27)28)6-7-18(13)22-20(26)10-16-12-30-21-23-19(11-24(16)21)14-4-3-5-17(9-14)29-2/h3-9,11-12H,10H2,1-2H3,(H,22,26). The third kappa shape index (κ3) is 3.87. The predicted octanol–water partition coefficient (Wildman–Crippen LogP) is 4.47. The Balaban J connectivity index is 1.53. The molecule has 2 aromatic carbocycles. The van der Waals surface area contributed by atoms with Crippen molar-refractivity contribution in [3.8, 4) is 17.0 Å². The number of methoxy groups -OCH3 is 1. The van der Waals surface area contributed by atoms with Gasteiger partial charge in [-0.3, -0.25) is 19.3 Å². The molecule has 0 atom stereocenters. The number of benzene rings is 2. The molecule has 4 rings (SSSR count). The zero-order valence-corrected chi connectivity index (χ0v) is 17.1. The van der Waals surface area contributed by atoms with E-state index >= 15 is 0 Å². The number of nitrogens with one attached hydrogen (secondary N) is 1. The molecule has 9 heteroatoms. The highest BCUT2D eigenvalue weighted by molar-refractivity contribution is 7.15. The highest BCUT2D eigenvalue weighted by atomic mass is 32.1. The van der Waals surface area contributed by atoms with Crippen LogP contribution in [0.15, 0.2) is 54.0 Å². The molecule has 4 aromatic rings. The number of aryl methyl sites for hydroxylation is 1. The summed E-state index contributed by atoms with van der Waals surface area (Å²) in [5.41, 5.74) is 3.73. The first-order chi connectivity index (χ1) is 14.4. The average Bonchev–Trinajstić information content (AvgIpc) is 3.31. The number of ether oxygens (including phenoxy) is 1. The summed E-state index contributed by atoms with van der Waals surface area (Å²) in [4.78, 5) is 28.4. The van der Waals surface area contributed by atoms with Crippen LogP contribution in [0.1, 0.15) is 11.3 Å². The number of amides is 1. The lowest BCUT2D eigenvalue weighted by Crippen LogP contribution is -2.16. The van der Waals surface area contributed by atoms with Crippen molar-refractivity contribution in [2.75, 3.05) is 12.4 Å². The number of thiazole rings is 1. The number of non-ortho nitro benzene ring substituents is 1. The molecule has 152 valence electrons. The molecule has 0 aliphatic carbocycles. The van der Waals surface area contributed by atoms with Crippen molar-refractivity contribution in [2.24, 2.45) is 0 Å². The summed E-state index contributed by atoms with van der Waals surface area (Å²) in [6, 6.07) is 12.0. The van der Waals surface area contributed by atoms with E-state index in [0.717, 1.165) is 27.7 Å². The molecule has 0 aliphatic rings. The van der Waals surface area contributed by atoms with Crippen LogP contribution in [0.4, 0.5) is 11.4 Å². The zero-order valence-electron chi connectivity index (χ0n) is 16.3. The predicted molar refractivity (Wildman–Crippen MR) is 115 cm³/mol. The summed E-state index contributed by atoms with van der Waals surface area (Å²) < 4.78 is 7.18. The molecule has 0 bridgehead atoms. The van der Waals surface area contributed by atoms with Crippen LogP contribution in [0.3, 0.4) is 0 Å². The van der Waals surface area contributed by atoms with Crippen LogP contribution in [0.25, 0.3) is 16.2 Å². The maximum atomic E-state index is 12.6. The highest BCUT2D eigenvalue weighted by Gasteiger charge is 2.15. The molecular weight excluding hydrogens is 404 g/mol. The first-order valence-electron chi connectivity index (χ1n) is 9.09. The van der Waals surface area contributed by atoms with E-state index in [9.17, 15) is 14.9 Å². The summed E-state index contributed by atoms with van der Waals surface area (Å²) in [5.74, 6) is 0.546. The summed E-state index contributed by atoms with van der Waals surface area (Å²) in [6.45, 7) is 1.72. The largest absolute Gasteiger partial charge is 0.497 e. The van der Waals surface area contributed by atoms with Crippen molar-refractivity contribution < 1.29 is 14.5 Å². The van der Waals surface area contributed by atoms with Gasteiger partial charge in [0.15, 0.2) is 4.96 Å². The number of rotatable bonds is 6. The van der Waals surface area contributed by atoms with E-state index in [1.54, 1.807) is 20.1 Å². The molecule has 0 radical (unpaired) electrons. The second-order valence-electron chi connectivity index (χ2n) is 6.72. The van der Waals surface area contributed by atoms with Gasteiger partial charge in [-0.05, 0) is 30.7 Å². The molecule has 1 amide bonds. The van der Waals surface area contributed by atoms with Gasteiger partial charge in [-0.2, -0.15) is 0 Å². The Morgan fingerprint density at radius 2 is 2.13 bits per heavy atom. The van der Waals surface area contributed by atoms with E-state index < -0.39 is 4.92 Å². The minimum Gasteiger partial charge on any atom is -0.497 e. The van der Waals surface area contributed by atoms with Crippen molar-refractivity contribution in [2.45, 2.75) is 13.3 Å². The Labute approximate surface area is 175 Å². The fourth-order valence-corrected chi connectivity index (χ4v) is 4.01. The van der Waals surface area contributed by atoms with Crippen molar-refractivity contribution >= 4 is 33.6 Å². The van der Waals surface area contributed by atoms with E-state index in [2.05, 4.69) is 10.3 Å². The monoisotopic (exact) mass is 422 g/mol. The minimum absolute atomic E-state index is 0.00599. The van der Waals surface area contributed by atoms with Gasteiger partial charge in [-0.15, -0.1) is 11.3 Å². The zero-order chi connectivity index (χ0) is 21.3. The molecule has 0 fully saturated rings. The Bertz CT molecular complexity index is 1260. The number of anilines is 1. The second-order valence-corrected chi connectivity index (χ2v) is 7.56. The smallest absolute Gasteiger partial charge is 0.269 e. The van der Waals surface area contributed by atoms with E-state index in [1.807, 2.05) is 40.2 Å². The van der Waals surface area contributed by atoms with Gasteiger partial charge in [0.1, 0.15) is 5.75 Å². The van der Waals surface area contributed by atoms with Crippen LogP contribution < -0.4 is 10.1 Å². The van der Waals surface area contributed by atoms with Crippen LogP contribution in [0.5, 0.6) is 5.75 Å². The van der Waals surface area contributed by atoms with Crippen molar-refractivity contribution in [3.05, 3.63) is 75.4 Å². The number of imidazole rings is 1. The molecule has 0 saturated heterocycles. The first kappa shape index (κ1) is 19.6. The molecule has 0 spiro atoms. The fourth-order valence-electron chi connectivity index (χ4n) is 3.14. The number of aromatic nitrogens is 2. The van der Waals surface area contributed by atoms with Gasteiger partial charge in [-0.1, -0.05) is 12.1 Å². The number of nitro benzene ring substituents is 1. The maximum absolute atomic E-state index is 12.6. The maximum Gasteiger partial charge on any atom is 0.269 e. The van der Waals surface area contributed by atoms with Gasteiger partial charge in [0.05, 0.1) is 24.1 Å². The normalized spacial score (nSPS) is 10.9. The first-order valence-corrected chi connectivity index (χ1v) is 9.97. The third-order valence-electron chi connectivity index (χ3n) is 4.69. The van der Waals surface area contributed by atoms with Gasteiger partial charge in [0, 0.05) is 40.7 Å². The lowest BCUT2D eigenvalue weighted by Gasteiger charge is -2.08. The quantitative estimate of drug-likeness (QED) is 0.365. The van der Waals surface area contributed by atoms with Gasteiger partial charge in [0.25, 0.3) is 5.69 Å². The Morgan fingerprint density at radius 1 is 1.30 bits per heavy atom. The number of carbonyl (C=O) groups is 1. The number of hydrogen-bond donors (Lipinski definition) is 1. The summed E-state index contributed by atoms with van der Waals surface area (Å²) in [5, 5.41) is 15.6. The Hall–Kier alpha value is -3.72. The van der Waals surface area contributed by atoms with E-state index in [0.29, 0.717) is 11.3 Å². The molecule has 8 nitrogen and oxygen atoms in total. The molecule has 0 unspecified atom stereocenters. The molecular formula is C21H18N4O4S. The van der Waals surface area contributed by atoms with Gasteiger partial charge in [0.2, 0.25) is 5.91 Å². The van der Waals surface area contributed by atoms with Crippen molar-refractivity contribution in [1.29, 1.82) is 0 Å². The molecule has 0 saturated carbocycles. The number of carbonyl (C=O) groups excluding carboxylic acids is 1. The Kier molecular flexibility index (Phi) is 5.20. The summed E-state index contributed by atoms with van der Waals surface area (Å²) in [7, 11) is 1.62. The number of nitro groups is 1. The lowest BCUT2D eigenvalue weighted by atomic mass is 10.1. The molecule has 30 heavy (non-hydrogen) atoms. The topological polar surface area (TPSA) is 98.8 Å². The summed E-state index contributed by atoms with van der Waals surface area (Å²) >= 11 is 1.46. The number of fused-ring (bicyclic) bond motifs is 1. The van der Waals surface area contributed by atoms with E-state index in [4.69, 9.17) is 4.74 Å². The van der Waals surface area contributed by atoms with E-state index in [-0.39, 0.29) is 18.0 Å². The number of hydrogen-bond acceptors (Lipinski definition) is 6. The number of nitrogens with zero attached hydrogens (tertiary/aromatic N) is 3. The highest BCUT2D eigenvalue weighted by Crippen LogP contribution is 2.27. The van der Waals surface area contributed by atoms with Crippen LogP contribution in [0, 0.1) is 17.0 Å². The Morgan fingerprint density at radius 3 is 2.87 bits per heavy atom. The summed E-state index contributed by atoms with van der Waals surface area (Å²) in [6.07, 6.45) is 2.06. The van der Waals surface area contributed by atoms with Crippen molar-refractivity contribution in [1.82, 2.24) is 9.38 Å².